The van der Waals surface area contributed by atoms with Crippen molar-refractivity contribution in [1.82, 2.24) is 0 Å². The molecule has 2 rings (SSSR count). The van der Waals surface area contributed by atoms with Crippen LogP contribution < -0.4 is 19.5 Å². The lowest BCUT2D eigenvalue weighted by Crippen LogP contribution is -2.14. The summed E-state index contributed by atoms with van der Waals surface area (Å²) in [4.78, 5) is 23.5. The van der Waals surface area contributed by atoms with Gasteiger partial charge in [0.15, 0.2) is 11.5 Å². The molecule has 144 valence electrons. The van der Waals surface area contributed by atoms with Crippen molar-refractivity contribution in [2.45, 2.75) is 0 Å². The molecular formula is C20H18N2O6. The van der Waals surface area contributed by atoms with Gasteiger partial charge in [-0.15, -0.1) is 0 Å². The van der Waals surface area contributed by atoms with Crippen LogP contribution in [0, 0.1) is 11.3 Å². The van der Waals surface area contributed by atoms with E-state index >= 15 is 0 Å². The molecule has 2 aromatic carbocycles. The number of carbonyl (C=O) groups excluding carboxylic acids is 1. The molecule has 0 saturated heterocycles. The molecule has 0 bridgehead atoms. The van der Waals surface area contributed by atoms with Crippen LogP contribution in [0.4, 0.5) is 5.69 Å². The van der Waals surface area contributed by atoms with Crippen LogP contribution in [0.1, 0.15) is 15.9 Å². The van der Waals surface area contributed by atoms with Crippen LogP contribution in [-0.2, 0) is 4.79 Å². The van der Waals surface area contributed by atoms with E-state index in [1.807, 2.05) is 6.07 Å². The minimum Gasteiger partial charge on any atom is -0.493 e. The largest absolute Gasteiger partial charge is 0.493 e. The molecule has 0 spiro atoms. The number of amides is 1. The number of rotatable bonds is 7. The average Bonchev–Trinajstić information content (AvgIpc) is 2.71. The second-order valence-corrected chi connectivity index (χ2v) is 5.47. The topological polar surface area (TPSA) is 118 Å². The van der Waals surface area contributed by atoms with Gasteiger partial charge in [-0.05, 0) is 42.0 Å². The summed E-state index contributed by atoms with van der Waals surface area (Å²) < 4.78 is 15.7. The van der Waals surface area contributed by atoms with Gasteiger partial charge in [-0.3, -0.25) is 4.79 Å². The number of carboxylic acids is 1. The summed E-state index contributed by atoms with van der Waals surface area (Å²) in [6.45, 7) is 0. The fourth-order valence-electron chi connectivity index (χ4n) is 2.43. The standard InChI is InChI=1S/C20H18N2O6/c1-26-16-8-12(9-17(27-2)18(16)28-3)7-14(11-21)19(23)22-15-6-4-5-13(10-15)20(24)25/h4-10H,1-3H3,(H,22,23)(H,24,25)/b14-7-. The lowest BCUT2D eigenvalue weighted by atomic mass is 10.1. The van der Waals surface area contributed by atoms with Gasteiger partial charge in [0.1, 0.15) is 11.6 Å². The number of nitrogens with one attached hydrogen (secondary N) is 1. The van der Waals surface area contributed by atoms with Crippen molar-refractivity contribution in [3.8, 4) is 23.3 Å². The Labute approximate surface area is 161 Å². The summed E-state index contributed by atoms with van der Waals surface area (Å²) in [6.07, 6.45) is 1.36. The van der Waals surface area contributed by atoms with Crippen molar-refractivity contribution in [3.63, 3.8) is 0 Å². The molecule has 2 aromatic rings. The Morgan fingerprint density at radius 3 is 2.21 bits per heavy atom. The lowest BCUT2D eigenvalue weighted by molar-refractivity contribution is -0.112. The highest BCUT2D eigenvalue weighted by molar-refractivity contribution is 6.10. The molecule has 0 heterocycles. The number of carboxylic acid groups (broad SMARTS) is 1. The summed E-state index contributed by atoms with van der Waals surface area (Å²) >= 11 is 0. The summed E-state index contributed by atoms with van der Waals surface area (Å²) in [6, 6.07) is 10.7. The number of hydrogen-bond acceptors (Lipinski definition) is 6. The molecular weight excluding hydrogens is 364 g/mol. The molecule has 0 aliphatic rings. The van der Waals surface area contributed by atoms with Crippen molar-refractivity contribution >= 4 is 23.6 Å². The molecule has 8 heteroatoms. The van der Waals surface area contributed by atoms with Crippen LogP contribution in [0.2, 0.25) is 0 Å². The Morgan fingerprint density at radius 2 is 1.71 bits per heavy atom. The van der Waals surface area contributed by atoms with E-state index in [1.54, 1.807) is 12.1 Å². The SMILES string of the molecule is COc1cc(/C=C(/C#N)C(=O)Nc2cccc(C(=O)O)c2)cc(OC)c1OC. The molecule has 2 N–H and O–H groups in total. The maximum Gasteiger partial charge on any atom is 0.335 e. The number of aromatic carboxylic acids is 1. The number of methoxy groups -OCH3 is 3. The zero-order valence-corrected chi connectivity index (χ0v) is 15.5. The molecule has 0 unspecified atom stereocenters. The number of anilines is 1. The maximum atomic E-state index is 12.4. The Morgan fingerprint density at radius 1 is 1.07 bits per heavy atom. The molecule has 0 saturated carbocycles. The van der Waals surface area contributed by atoms with Gasteiger partial charge in [0.25, 0.3) is 5.91 Å². The van der Waals surface area contributed by atoms with Gasteiger partial charge < -0.3 is 24.6 Å². The van der Waals surface area contributed by atoms with Crippen LogP contribution in [0.5, 0.6) is 17.2 Å². The van der Waals surface area contributed by atoms with Crippen LogP contribution in [-0.4, -0.2) is 38.3 Å². The number of ether oxygens (including phenoxy) is 3. The molecule has 0 radical (unpaired) electrons. The summed E-state index contributed by atoms with van der Waals surface area (Å²) in [5.74, 6) is -0.668. The van der Waals surface area contributed by atoms with E-state index in [0.29, 0.717) is 22.8 Å². The Balaban J connectivity index is 2.35. The van der Waals surface area contributed by atoms with Gasteiger partial charge in [-0.25, -0.2) is 4.79 Å². The predicted molar refractivity (Wildman–Crippen MR) is 102 cm³/mol. The molecule has 28 heavy (non-hydrogen) atoms. The second kappa shape index (κ2) is 9.09. The van der Waals surface area contributed by atoms with E-state index in [4.69, 9.17) is 19.3 Å². The van der Waals surface area contributed by atoms with Crippen LogP contribution in [0.15, 0.2) is 42.0 Å². The average molecular weight is 382 g/mol. The third kappa shape index (κ3) is 4.59. The van der Waals surface area contributed by atoms with Crippen molar-refractivity contribution in [2.75, 3.05) is 26.6 Å². The predicted octanol–water partition coefficient (Wildman–Crippen LogP) is 2.96. The normalized spacial score (nSPS) is 10.6. The molecule has 0 atom stereocenters. The Hall–Kier alpha value is -3.99. The van der Waals surface area contributed by atoms with Crippen LogP contribution in [0.25, 0.3) is 6.08 Å². The Bertz CT molecular complexity index is 950. The molecule has 0 aliphatic heterocycles. The van der Waals surface area contributed by atoms with E-state index in [-0.39, 0.29) is 16.8 Å². The highest BCUT2D eigenvalue weighted by Gasteiger charge is 2.15. The monoisotopic (exact) mass is 382 g/mol. The van der Waals surface area contributed by atoms with Crippen molar-refractivity contribution in [1.29, 1.82) is 5.26 Å². The zero-order chi connectivity index (χ0) is 20.7. The smallest absolute Gasteiger partial charge is 0.335 e. The fraction of sp³-hybridized carbons (Fsp3) is 0.150. The van der Waals surface area contributed by atoms with E-state index < -0.39 is 11.9 Å². The van der Waals surface area contributed by atoms with Crippen molar-refractivity contribution in [2.24, 2.45) is 0 Å². The first-order valence-corrected chi connectivity index (χ1v) is 8.00. The third-order valence-corrected chi connectivity index (χ3v) is 3.73. The molecule has 1 amide bonds. The maximum absolute atomic E-state index is 12.4. The highest BCUT2D eigenvalue weighted by Crippen LogP contribution is 2.38. The summed E-state index contributed by atoms with van der Waals surface area (Å²) in [5.41, 5.74) is 0.580. The zero-order valence-electron chi connectivity index (χ0n) is 15.5. The van der Waals surface area contributed by atoms with Crippen LogP contribution >= 0.6 is 0 Å². The van der Waals surface area contributed by atoms with E-state index in [2.05, 4.69) is 5.32 Å². The van der Waals surface area contributed by atoms with Gasteiger partial charge in [0, 0.05) is 5.69 Å². The van der Waals surface area contributed by atoms with E-state index in [9.17, 15) is 14.9 Å². The first-order valence-electron chi connectivity index (χ1n) is 8.00. The number of hydrogen-bond donors (Lipinski definition) is 2. The van der Waals surface area contributed by atoms with Crippen molar-refractivity contribution in [3.05, 3.63) is 53.1 Å². The number of nitrogens with zero attached hydrogens (tertiary/aromatic N) is 1. The minimum atomic E-state index is -1.12. The molecule has 0 aliphatic carbocycles. The van der Waals surface area contributed by atoms with Gasteiger partial charge in [0.05, 0.1) is 26.9 Å². The summed E-state index contributed by atoms with van der Waals surface area (Å²) in [7, 11) is 4.38. The van der Waals surface area contributed by atoms with Gasteiger partial charge in [-0.1, -0.05) is 6.07 Å². The molecule has 0 fully saturated rings. The third-order valence-electron chi connectivity index (χ3n) is 3.73. The number of nitriles is 1. The van der Waals surface area contributed by atoms with Crippen molar-refractivity contribution < 1.29 is 28.9 Å². The molecule has 0 aromatic heterocycles. The van der Waals surface area contributed by atoms with Gasteiger partial charge in [-0.2, -0.15) is 5.26 Å². The van der Waals surface area contributed by atoms with Crippen LogP contribution in [0.3, 0.4) is 0 Å². The lowest BCUT2D eigenvalue weighted by Gasteiger charge is -2.13. The van der Waals surface area contributed by atoms with Gasteiger partial charge in [0.2, 0.25) is 5.75 Å². The van der Waals surface area contributed by atoms with E-state index in [0.717, 1.165) is 0 Å². The van der Waals surface area contributed by atoms with E-state index in [1.165, 1.54) is 51.7 Å². The second-order valence-electron chi connectivity index (χ2n) is 5.47. The number of benzene rings is 2. The van der Waals surface area contributed by atoms with Gasteiger partial charge >= 0.3 is 5.97 Å². The Kier molecular flexibility index (Phi) is 6.60. The highest BCUT2D eigenvalue weighted by atomic mass is 16.5. The first kappa shape index (κ1) is 20.3. The quantitative estimate of drug-likeness (QED) is 0.558. The summed E-state index contributed by atoms with van der Waals surface area (Å²) in [5, 5.41) is 20.9. The fourth-order valence-corrected chi connectivity index (χ4v) is 2.43. The number of carbonyl (C=O) groups is 2. The first-order chi connectivity index (χ1) is 13.4. The molecule has 8 nitrogen and oxygen atoms in total. The minimum absolute atomic E-state index is 0.0184.